The third-order valence-corrected chi connectivity index (χ3v) is 7.84. The zero-order valence-electron chi connectivity index (χ0n) is 19.5. The summed E-state index contributed by atoms with van der Waals surface area (Å²) in [5.41, 5.74) is 4.28. The molecule has 6 atom stereocenters. The van der Waals surface area contributed by atoms with Gasteiger partial charge in [-0.3, -0.25) is 28.9 Å². The highest BCUT2D eigenvalue weighted by Gasteiger charge is 2.69. The molecule has 3 aliphatic rings. The Morgan fingerprint density at radius 2 is 1.85 bits per heavy atom. The second kappa shape index (κ2) is 8.39. The minimum absolute atomic E-state index is 0.0557. The average Bonchev–Trinajstić information content (AvgIpc) is 2.75. The summed E-state index contributed by atoms with van der Waals surface area (Å²) >= 11 is 0. The van der Waals surface area contributed by atoms with Crippen LogP contribution in [0.15, 0.2) is 12.1 Å². The molecule has 3 aliphatic carbocycles. The number of hydrogen-bond donors (Lipinski definition) is 3. The summed E-state index contributed by atoms with van der Waals surface area (Å²) < 4.78 is 0. The molecular weight excluding hydrogens is 440 g/mol. The fraction of sp³-hybridized carbons (Fsp3) is 0.560. The van der Waals surface area contributed by atoms with Crippen molar-refractivity contribution in [3.63, 3.8) is 0 Å². The van der Waals surface area contributed by atoms with E-state index in [0.29, 0.717) is 18.4 Å². The number of nitrogens with two attached hydrogens (primary N) is 1. The van der Waals surface area contributed by atoms with Crippen LogP contribution < -0.4 is 5.73 Å². The molecule has 1 amide bonds. The van der Waals surface area contributed by atoms with Gasteiger partial charge >= 0.3 is 0 Å². The van der Waals surface area contributed by atoms with Crippen LogP contribution in [0.5, 0.6) is 5.75 Å². The first-order valence-corrected chi connectivity index (χ1v) is 11.6. The van der Waals surface area contributed by atoms with Crippen molar-refractivity contribution in [2.75, 3.05) is 14.1 Å². The van der Waals surface area contributed by atoms with Gasteiger partial charge in [0.2, 0.25) is 5.91 Å². The number of unbranched alkanes of at least 4 members (excludes halogenated alkanes) is 1. The number of hydrogen-bond acceptors (Lipinski definition) is 8. The number of aliphatic hydroxyl groups is 1. The molecule has 182 valence electrons. The number of phenolic OH excluding ortho intramolecular Hbond substituents is 1. The molecule has 4 rings (SSSR count). The van der Waals surface area contributed by atoms with Gasteiger partial charge in [-0.1, -0.05) is 19.4 Å². The Morgan fingerprint density at radius 1 is 1.18 bits per heavy atom. The lowest BCUT2D eigenvalue weighted by Crippen LogP contribution is -2.74. The summed E-state index contributed by atoms with van der Waals surface area (Å²) in [6.07, 6.45) is 2.91. The van der Waals surface area contributed by atoms with Crippen LogP contribution in [0, 0.1) is 23.7 Å². The van der Waals surface area contributed by atoms with Gasteiger partial charge in [0.15, 0.2) is 34.7 Å². The summed E-state index contributed by atoms with van der Waals surface area (Å²) in [6.45, 7) is 2.05. The van der Waals surface area contributed by atoms with Gasteiger partial charge in [0, 0.05) is 5.92 Å². The third-order valence-electron chi connectivity index (χ3n) is 7.84. The van der Waals surface area contributed by atoms with Crippen molar-refractivity contribution < 1.29 is 34.2 Å². The fourth-order valence-electron chi connectivity index (χ4n) is 6.27. The van der Waals surface area contributed by atoms with Gasteiger partial charge in [-0.05, 0) is 62.9 Å². The van der Waals surface area contributed by atoms with E-state index in [1.165, 1.54) is 11.0 Å². The van der Waals surface area contributed by atoms with E-state index in [2.05, 4.69) is 0 Å². The molecule has 9 nitrogen and oxygen atoms in total. The third kappa shape index (κ3) is 3.25. The number of carbonyl (C=O) groups excluding carboxylic acids is 5. The topological polar surface area (TPSA) is 155 Å². The number of aryl methyl sites for hydroxylation is 1. The van der Waals surface area contributed by atoms with Crippen LogP contribution in [0.2, 0.25) is 0 Å². The molecule has 0 aliphatic heterocycles. The smallest absolute Gasteiger partial charge is 0.235 e. The lowest BCUT2D eigenvalue weighted by molar-refractivity contribution is -0.181. The predicted molar refractivity (Wildman–Crippen MR) is 120 cm³/mol. The Bertz CT molecular complexity index is 1110. The maximum atomic E-state index is 13.7. The zero-order valence-corrected chi connectivity index (χ0v) is 19.5. The zero-order chi connectivity index (χ0) is 25.1. The first kappa shape index (κ1) is 24.2. The van der Waals surface area contributed by atoms with E-state index in [4.69, 9.17) is 5.73 Å². The number of rotatable bonds is 5. The van der Waals surface area contributed by atoms with Gasteiger partial charge < -0.3 is 15.9 Å². The van der Waals surface area contributed by atoms with E-state index in [0.717, 1.165) is 18.4 Å². The molecule has 1 aromatic rings. The van der Waals surface area contributed by atoms with Crippen LogP contribution in [-0.2, 0) is 32.0 Å². The molecule has 0 bridgehead atoms. The van der Waals surface area contributed by atoms with E-state index in [1.54, 1.807) is 20.2 Å². The molecule has 4 N–H and O–H groups in total. The SMILES string of the molecule is CCCCc1ccc(O)c2c1C[C@H]1C[C@@H]3[C@H](N(C)C)C(=O)C(C(N)=O)C(=O)[C@@]3(O)C(=O)C1C2=O. The second-order valence-corrected chi connectivity index (χ2v) is 9.99. The molecule has 1 aromatic carbocycles. The minimum Gasteiger partial charge on any atom is -0.507 e. The number of amides is 1. The summed E-state index contributed by atoms with van der Waals surface area (Å²) in [6, 6.07) is 2.12. The molecule has 0 heterocycles. The molecule has 2 saturated carbocycles. The van der Waals surface area contributed by atoms with Crippen molar-refractivity contribution in [3.05, 3.63) is 28.8 Å². The standard InChI is InChI=1S/C25H30N2O7/c1-4-5-6-11-7-8-15(28)17-13(11)9-12-10-14-19(27(2)3)21(30)18(24(26)33)23(32)25(14,34)22(31)16(12)20(17)29/h7-8,12,14,16,18-19,28,34H,4-6,9-10H2,1-3H3,(H2,26,33)/t12-,14+,16?,18?,19-,25-/m0/s1. The average molecular weight is 471 g/mol. The number of carbonyl (C=O) groups is 5. The number of aromatic hydroxyl groups is 1. The fourth-order valence-corrected chi connectivity index (χ4v) is 6.27. The number of nitrogens with zero attached hydrogens (tertiary/aromatic N) is 1. The van der Waals surface area contributed by atoms with Crippen LogP contribution in [0.1, 0.15) is 47.7 Å². The first-order chi connectivity index (χ1) is 16.0. The van der Waals surface area contributed by atoms with E-state index < -0.39 is 64.4 Å². The van der Waals surface area contributed by atoms with Crippen molar-refractivity contribution in [1.29, 1.82) is 0 Å². The normalized spacial score (nSPS) is 32.9. The van der Waals surface area contributed by atoms with E-state index in [1.807, 2.05) is 6.92 Å². The molecule has 2 unspecified atom stereocenters. The molecule has 9 heteroatoms. The Morgan fingerprint density at radius 3 is 2.44 bits per heavy atom. The van der Waals surface area contributed by atoms with Gasteiger partial charge in [-0.25, -0.2) is 0 Å². The summed E-state index contributed by atoms with van der Waals surface area (Å²) in [4.78, 5) is 67.0. The Hall–Kier alpha value is -2.91. The molecule has 2 fully saturated rings. The largest absolute Gasteiger partial charge is 0.507 e. The predicted octanol–water partition coefficient (Wildman–Crippen LogP) is 0.210. The summed E-state index contributed by atoms with van der Waals surface area (Å²) in [5.74, 6) is -10.1. The molecule has 0 radical (unpaired) electrons. The van der Waals surface area contributed by atoms with Crippen LogP contribution in [0.3, 0.4) is 0 Å². The minimum atomic E-state index is -2.69. The van der Waals surface area contributed by atoms with Crippen LogP contribution in [0.25, 0.3) is 0 Å². The molecule has 0 aromatic heterocycles. The Kier molecular flexibility index (Phi) is 5.98. The Labute approximate surface area is 197 Å². The number of Topliss-reactive ketones (excluding diaryl/α,β-unsaturated/α-hetero) is 4. The van der Waals surface area contributed by atoms with Gasteiger partial charge in [-0.15, -0.1) is 0 Å². The number of fused-ring (bicyclic) bond motifs is 3. The highest BCUT2D eigenvalue weighted by Crippen LogP contribution is 2.51. The maximum Gasteiger partial charge on any atom is 0.235 e. The molecule has 34 heavy (non-hydrogen) atoms. The van der Waals surface area contributed by atoms with Crippen molar-refractivity contribution in [3.8, 4) is 5.75 Å². The lowest BCUT2D eigenvalue weighted by Gasteiger charge is -2.52. The number of ketones is 4. The molecule has 0 spiro atoms. The monoisotopic (exact) mass is 470 g/mol. The van der Waals surface area contributed by atoms with E-state index in [-0.39, 0.29) is 17.7 Å². The molecule has 0 saturated heterocycles. The van der Waals surface area contributed by atoms with Crippen molar-refractivity contribution >= 4 is 29.0 Å². The van der Waals surface area contributed by atoms with Crippen LogP contribution >= 0.6 is 0 Å². The van der Waals surface area contributed by atoms with Crippen LogP contribution in [0.4, 0.5) is 0 Å². The van der Waals surface area contributed by atoms with E-state index in [9.17, 15) is 34.2 Å². The van der Waals surface area contributed by atoms with Gasteiger partial charge in [0.1, 0.15) is 5.75 Å². The van der Waals surface area contributed by atoms with Crippen LogP contribution in [-0.4, -0.2) is 69.9 Å². The van der Waals surface area contributed by atoms with Crippen molar-refractivity contribution in [2.24, 2.45) is 29.4 Å². The number of primary amides is 1. The van der Waals surface area contributed by atoms with Gasteiger partial charge in [0.25, 0.3) is 0 Å². The van der Waals surface area contributed by atoms with Crippen molar-refractivity contribution in [2.45, 2.75) is 50.7 Å². The number of benzene rings is 1. The summed E-state index contributed by atoms with van der Waals surface area (Å²) in [5, 5.41) is 22.0. The highest BCUT2D eigenvalue weighted by molar-refractivity contribution is 6.32. The van der Waals surface area contributed by atoms with Gasteiger partial charge in [0.05, 0.1) is 17.5 Å². The molecular formula is C25H30N2O7. The van der Waals surface area contributed by atoms with Gasteiger partial charge in [-0.2, -0.15) is 0 Å². The maximum absolute atomic E-state index is 13.7. The Balaban J connectivity index is 1.85. The second-order valence-electron chi connectivity index (χ2n) is 9.99. The highest BCUT2D eigenvalue weighted by atomic mass is 16.3. The first-order valence-electron chi connectivity index (χ1n) is 11.6. The van der Waals surface area contributed by atoms with Crippen molar-refractivity contribution in [1.82, 2.24) is 4.90 Å². The van der Waals surface area contributed by atoms with E-state index >= 15 is 0 Å². The summed E-state index contributed by atoms with van der Waals surface area (Å²) in [7, 11) is 3.13. The quantitative estimate of drug-likeness (QED) is 0.516. The number of phenols is 1. The lowest BCUT2D eigenvalue weighted by atomic mass is 9.52. The number of likely N-dealkylation sites (N-methyl/N-ethyl adjacent to an activating group) is 1.